The molecule has 0 fully saturated rings. The predicted octanol–water partition coefficient (Wildman–Crippen LogP) is 1.57. The van der Waals surface area contributed by atoms with Gasteiger partial charge in [-0.05, 0) is 0 Å². The Morgan fingerprint density at radius 1 is 1.62 bits per heavy atom. The Balaban J connectivity index is 0. The third-order valence-electron chi connectivity index (χ3n) is 0.0781. The highest BCUT2D eigenvalue weighted by Crippen LogP contribution is 1.59. The molecule has 8 heavy (non-hydrogen) atoms. The molecule has 0 unspecified atom stereocenters. The molecule has 0 atom stereocenters. The molecule has 0 aromatic rings. The van der Waals surface area contributed by atoms with E-state index in [-0.39, 0.29) is 0 Å². The predicted molar refractivity (Wildman–Crippen MR) is 27.7 cm³/mol. The van der Waals surface area contributed by atoms with Gasteiger partial charge in [0.2, 0.25) is 0 Å². The molecule has 0 saturated carbocycles. The Bertz CT molecular complexity index is 52.0. The molecule has 0 aliphatic heterocycles. The molecule has 2 N–H and O–H groups in total. The fourth-order valence-electron chi connectivity index (χ4n) is 0. The molecule has 0 radical (unpaired) electrons. The fraction of sp³-hybridized carbons (Fsp3) is 0.750. The minimum absolute atomic E-state index is 1.25. The second kappa shape index (κ2) is 9.52. The lowest BCUT2D eigenvalue weighted by Crippen LogP contribution is -1.91. The minimum atomic E-state index is -1.69. The highest BCUT2D eigenvalue weighted by atomic mass is 17.1. The third-order valence-corrected chi connectivity index (χ3v) is 0.0781. The molecular formula is C4H10O4. The molecule has 0 aromatic heterocycles. The van der Waals surface area contributed by atoms with Gasteiger partial charge in [-0.1, -0.05) is 20.3 Å². The number of carbonyl (C=O) groups is 1. The first-order valence-electron chi connectivity index (χ1n) is 2.23. The molecule has 4 heteroatoms. The molecule has 0 rings (SSSR count). The van der Waals surface area contributed by atoms with Gasteiger partial charge in [0, 0.05) is 0 Å². The monoisotopic (exact) mass is 122 g/mol. The molecule has 0 aromatic carbocycles. The summed E-state index contributed by atoms with van der Waals surface area (Å²) in [5.74, 6) is 0. The van der Waals surface area contributed by atoms with Crippen LogP contribution >= 0.6 is 0 Å². The van der Waals surface area contributed by atoms with Crippen LogP contribution in [0.1, 0.15) is 20.3 Å². The highest BCUT2D eigenvalue weighted by Gasteiger charge is 1.84. The van der Waals surface area contributed by atoms with E-state index in [1.54, 1.807) is 0 Å². The van der Waals surface area contributed by atoms with Crippen LogP contribution in [0.25, 0.3) is 0 Å². The van der Waals surface area contributed by atoms with Crippen molar-refractivity contribution in [3.8, 4) is 0 Å². The lowest BCUT2D eigenvalue weighted by molar-refractivity contribution is -0.194. The van der Waals surface area contributed by atoms with Crippen LogP contribution in [0.15, 0.2) is 0 Å². The van der Waals surface area contributed by atoms with E-state index in [1.165, 1.54) is 6.42 Å². The van der Waals surface area contributed by atoms with Gasteiger partial charge >= 0.3 is 6.16 Å². The van der Waals surface area contributed by atoms with Crippen molar-refractivity contribution in [3.63, 3.8) is 0 Å². The topological polar surface area (TPSA) is 66.8 Å². The summed E-state index contributed by atoms with van der Waals surface area (Å²) in [7, 11) is 0. The zero-order valence-corrected chi connectivity index (χ0v) is 4.92. The zero-order valence-electron chi connectivity index (χ0n) is 4.92. The maximum absolute atomic E-state index is 8.90. The smallest absolute Gasteiger partial charge is 0.448 e. The Morgan fingerprint density at radius 3 is 1.75 bits per heavy atom. The van der Waals surface area contributed by atoms with E-state index in [4.69, 9.17) is 15.2 Å². The summed E-state index contributed by atoms with van der Waals surface area (Å²) in [6.45, 7) is 4.25. The Kier molecular flexibility index (Phi) is 12.2. The lowest BCUT2D eigenvalue weighted by Gasteiger charge is -1.75. The molecule has 0 saturated heterocycles. The van der Waals surface area contributed by atoms with Crippen LogP contribution < -0.4 is 0 Å². The Labute approximate surface area is 47.6 Å². The van der Waals surface area contributed by atoms with Crippen molar-refractivity contribution in [3.05, 3.63) is 0 Å². The van der Waals surface area contributed by atoms with E-state index in [9.17, 15) is 0 Å². The quantitative estimate of drug-likeness (QED) is 0.378. The van der Waals surface area contributed by atoms with Crippen molar-refractivity contribution < 1.29 is 20.0 Å². The average molecular weight is 122 g/mol. The van der Waals surface area contributed by atoms with Gasteiger partial charge in [0.15, 0.2) is 0 Å². The first-order chi connectivity index (χ1) is 3.68. The van der Waals surface area contributed by atoms with Crippen molar-refractivity contribution in [2.45, 2.75) is 20.3 Å². The SMILES string of the molecule is CCC.O=C(O)OO. The summed E-state index contributed by atoms with van der Waals surface area (Å²) in [5.41, 5.74) is 0. The van der Waals surface area contributed by atoms with Crippen LogP contribution in [0.4, 0.5) is 4.79 Å². The zero-order chi connectivity index (χ0) is 6.99. The van der Waals surface area contributed by atoms with Crippen LogP contribution in [-0.2, 0) is 4.89 Å². The van der Waals surface area contributed by atoms with Gasteiger partial charge in [-0.3, -0.25) is 4.89 Å². The van der Waals surface area contributed by atoms with Crippen molar-refractivity contribution in [2.75, 3.05) is 0 Å². The second-order valence-corrected chi connectivity index (χ2v) is 1.06. The van der Waals surface area contributed by atoms with Gasteiger partial charge in [0.25, 0.3) is 0 Å². The van der Waals surface area contributed by atoms with E-state index in [0.717, 1.165) is 0 Å². The third kappa shape index (κ3) is 61.9. The van der Waals surface area contributed by atoms with E-state index >= 15 is 0 Å². The van der Waals surface area contributed by atoms with Gasteiger partial charge in [-0.2, -0.15) is 5.26 Å². The van der Waals surface area contributed by atoms with E-state index < -0.39 is 6.16 Å². The van der Waals surface area contributed by atoms with E-state index in [1.807, 2.05) is 0 Å². The van der Waals surface area contributed by atoms with Crippen molar-refractivity contribution >= 4 is 6.16 Å². The lowest BCUT2D eigenvalue weighted by atomic mass is 10.6. The molecule has 0 aliphatic carbocycles. The summed E-state index contributed by atoms with van der Waals surface area (Å²) in [6.07, 6.45) is -0.440. The van der Waals surface area contributed by atoms with Gasteiger partial charge in [0.1, 0.15) is 0 Å². The molecule has 0 aliphatic rings. The molecule has 4 nitrogen and oxygen atoms in total. The van der Waals surface area contributed by atoms with Gasteiger partial charge in [-0.15, -0.1) is 0 Å². The number of hydrogen-bond donors (Lipinski definition) is 2. The van der Waals surface area contributed by atoms with Gasteiger partial charge in [-0.25, -0.2) is 4.79 Å². The number of carboxylic acid groups (broad SMARTS) is 1. The molecular weight excluding hydrogens is 112 g/mol. The normalized spacial score (nSPS) is 6.38. The van der Waals surface area contributed by atoms with Crippen LogP contribution in [0, 0.1) is 0 Å². The molecule has 0 heterocycles. The minimum Gasteiger partial charge on any atom is -0.448 e. The van der Waals surface area contributed by atoms with Gasteiger partial charge in [0.05, 0.1) is 0 Å². The Hall–Kier alpha value is -0.770. The molecule has 0 spiro atoms. The average Bonchev–Trinajstić information content (AvgIpc) is 1.69. The largest absolute Gasteiger partial charge is 0.537 e. The van der Waals surface area contributed by atoms with Crippen molar-refractivity contribution in [2.24, 2.45) is 0 Å². The second-order valence-electron chi connectivity index (χ2n) is 1.06. The maximum Gasteiger partial charge on any atom is 0.537 e. The number of hydrogen-bond acceptors (Lipinski definition) is 3. The molecule has 0 amide bonds. The van der Waals surface area contributed by atoms with Crippen LogP contribution in [0.3, 0.4) is 0 Å². The first kappa shape index (κ1) is 10.3. The summed E-state index contributed by atoms with van der Waals surface area (Å²) in [4.78, 5) is 11.6. The van der Waals surface area contributed by atoms with Gasteiger partial charge < -0.3 is 5.11 Å². The summed E-state index contributed by atoms with van der Waals surface area (Å²) in [5, 5.41) is 14.3. The standard InChI is InChI=1S/C3H8.CH2O4/c1-3-2;2-1(3)5-4/h3H2,1-2H3;4H,(H,2,3). The summed E-state index contributed by atoms with van der Waals surface area (Å²) >= 11 is 0. The highest BCUT2D eigenvalue weighted by molar-refractivity contribution is 5.55. The van der Waals surface area contributed by atoms with Crippen molar-refractivity contribution in [1.82, 2.24) is 0 Å². The summed E-state index contributed by atoms with van der Waals surface area (Å²) < 4.78 is 0. The van der Waals surface area contributed by atoms with Crippen LogP contribution in [0.2, 0.25) is 0 Å². The molecule has 50 valence electrons. The molecule has 0 bridgehead atoms. The first-order valence-corrected chi connectivity index (χ1v) is 2.23. The van der Waals surface area contributed by atoms with Crippen LogP contribution in [0.5, 0.6) is 0 Å². The summed E-state index contributed by atoms with van der Waals surface area (Å²) in [6, 6.07) is 0. The van der Waals surface area contributed by atoms with Crippen LogP contribution in [-0.4, -0.2) is 16.5 Å². The van der Waals surface area contributed by atoms with E-state index in [2.05, 4.69) is 18.7 Å². The Morgan fingerprint density at radius 2 is 1.75 bits per heavy atom. The van der Waals surface area contributed by atoms with Crippen molar-refractivity contribution in [1.29, 1.82) is 0 Å². The number of rotatable bonds is 0. The fourth-order valence-corrected chi connectivity index (χ4v) is 0. The maximum atomic E-state index is 8.90. The van der Waals surface area contributed by atoms with E-state index in [0.29, 0.717) is 0 Å².